The summed E-state index contributed by atoms with van der Waals surface area (Å²) in [5.41, 5.74) is 9.36. The van der Waals surface area contributed by atoms with E-state index in [0.717, 1.165) is 61.3 Å². The molecule has 3 saturated carbocycles. The number of carboxylic acid groups (broad SMARTS) is 1. The Balaban J connectivity index is 1.36. The van der Waals surface area contributed by atoms with Gasteiger partial charge < -0.3 is 20.3 Å². The molecule has 7 rings (SSSR count). The average Bonchev–Trinajstić information content (AvgIpc) is 3.56. The first kappa shape index (κ1) is 40.6. The summed E-state index contributed by atoms with van der Waals surface area (Å²) in [7, 11) is 0. The van der Waals surface area contributed by atoms with E-state index in [2.05, 4.69) is 104 Å². The molecule has 2 aromatic heterocycles. The van der Waals surface area contributed by atoms with Gasteiger partial charge in [-0.2, -0.15) is 5.10 Å². The third kappa shape index (κ3) is 5.85. The summed E-state index contributed by atoms with van der Waals surface area (Å²) in [6, 6.07) is 4.09. The molecule has 0 amide bonds. The Kier molecular flexibility index (Phi) is 9.74. The van der Waals surface area contributed by atoms with Gasteiger partial charge in [0.2, 0.25) is 0 Å². The van der Waals surface area contributed by atoms with Crippen LogP contribution in [0.5, 0.6) is 0 Å². The van der Waals surface area contributed by atoms with E-state index in [4.69, 9.17) is 25.3 Å². The van der Waals surface area contributed by atoms with Crippen LogP contribution in [0, 0.1) is 75.9 Å². The molecule has 9 heteroatoms. The van der Waals surface area contributed by atoms with E-state index >= 15 is 0 Å². The fraction of sp³-hybridized carbons (Fsp3) is 0.783. The van der Waals surface area contributed by atoms with Crippen LogP contribution in [0.2, 0.25) is 0 Å². The molecule has 0 radical (unpaired) electrons. The van der Waals surface area contributed by atoms with Gasteiger partial charge in [-0.15, -0.1) is 0 Å². The van der Waals surface area contributed by atoms with Crippen molar-refractivity contribution in [3.8, 4) is 11.4 Å². The Morgan fingerprint density at radius 3 is 2.33 bits per heavy atom. The van der Waals surface area contributed by atoms with Crippen molar-refractivity contribution in [1.82, 2.24) is 19.7 Å². The number of aliphatic carboxylic acids is 1. The number of nitrogens with zero attached hydrogens (tertiary/aromatic N) is 4. The highest BCUT2D eigenvalue weighted by atomic mass is 16.5. The van der Waals surface area contributed by atoms with Crippen molar-refractivity contribution in [2.45, 2.75) is 146 Å². The lowest BCUT2D eigenvalue weighted by Crippen LogP contribution is -2.69. The smallest absolute Gasteiger partial charge is 0.307 e. The molecule has 55 heavy (non-hydrogen) atoms. The number of aryl methyl sites for hydroxylation is 2. The van der Waals surface area contributed by atoms with Crippen LogP contribution in [0.25, 0.3) is 11.4 Å². The van der Waals surface area contributed by atoms with E-state index in [1.54, 1.807) is 6.33 Å². The van der Waals surface area contributed by atoms with Crippen LogP contribution >= 0.6 is 0 Å². The van der Waals surface area contributed by atoms with Crippen molar-refractivity contribution in [2.75, 3.05) is 19.8 Å². The minimum absolute atomic E-state index is 0.124. The van der Waals surface area contributed by atoms with Crippen molar-refractivity contribution < 1.29 is 19.4 Å². The van der Waals surface area contributed by atoms with E-state index in [0.29, 0.717) is 37.6 Å². The Labute approximate surface area is 331 Å². The van der Waals surface area contributed by atoms with Crippen molar-refractivity contribution in [2.24, 2.45) is 67.8 Å². The SMILES string of the molecule is Cc1cc(-c2ncnn2[C@@H]2C[C@@]34COC[C@@](C)([C@H]2OC[C@](C)(N)C(C)(C)C)[C@H]3CC[C@H]2C4=CC[C@@]3(C)[C@H](C(=O)O)[C@@](C)([C@H](C)C(C)C)CC[C@]23C)cc(C)n1. The minimum Gasteiger partial charge on any atom is -0.481 e. The number of hydrogen-bond donors (Lipinski definition) is 2. The highest BCUT2D eigenvalue weighted by molar-refractivity contribution is 5.73. The zero-order chi connectivity index (χ0) is 40.3. The van der Waals surface area contributed by atoms with Gasteiger partial charge in [0.1, 0.15) is 6.33 Å². The molecule has 4 aliphatic carbocycles. The van der Waals surface area contributed by atoms with Gasteiger partial charge in [0.15, 0.2) is 5.82 Å². The van der Waals surface area contributed by atoms with E-state index < -0.39 is 17.4 Å². The van der Waals surface area contributed by atoms with E-state index in [-0.39, 0.29) is 50.6 Å². The zero-order valence-electron chi connectivity index (χ0n) is 36.3. The van der Waals surface area contributed by atoms with Gasteiger partial charge >= 0.3 is 5.97 Å². The van der Waals surface area contributed by atoms with Crippen LogP contribution in [0.3, 0.4) is 0 Å². The highest BCUT2D eigenvalue weighted by Crippen LogP contribution is 2.75. The van der Waals surface area contributed by atoms with E-state index in [1.807, 2.05) is 13.8 Å². The molecule has 12 atom stereocenters. The van der Waals surface area contributed by atoms with Crippen LogP contribution in [0.4, 0.5) is 0 Å². The molecule has 3 N–H and O–H groups in total. The summed E-state index contributed by atoms with van der Waals surface area (Å²) in [5, 5.41) is 16.2. The monoisotopic (exact) mass is 758 g/mol. The number of carbonyl (C=O) groups is 1. The van der Waals surface area contributed by atoms with Crippen LogP contribution in [0.1, 0.15) is 132 Å². The summed E-state index contributed by atoms with van der Waals surface area (Å²) < 4.78 is 16.2. The summed E-state index contributed by atoms with van der Waals surface area (Å²) in [5.74, 6) is 1.12. The lowest BCUT2D eigenvalue weighted by Gasteiger charge is -2.71. The number of carboxylic acids is 1. The summed E-state index contributed by atoms with van der Waals surface area (Å²) >= 11 is 0. The van der Waals surface area contributed by atoms with Gasteiger partial charge in [0.25, 0.3) is 0 Å². The highest BCUT2D eigenvalue weighted by Gasteiger charge is 2.72. The Hall–Kier alpha value is -2.62. The van der Waals surface area contributed by atoms with Crippen molar-refractivity contribution in [3.63, 3.8) is 0 Å². The van der Waals surface area contributed by atoms with Gasteiger partial charge in [0, 0.05) is 33.3 Å². The number of rotatable bonds is 8. The third-order valence-corrected chi connectivity index (χ3v) is 17.6. The molecular formula is C46H71N5O4. The first-order valence-corrected chi connectivity index (χ1v) is 21.2. The van der Waals surface area contributed by atoms with Gasteiger partial charge in [-0.25, -0.2) is 9.67 Å². The number of ether oxygens (including phenoxy) is 2. The lowest BCUT2D eigenvalue weighted by atomic mass is 9.34. The minimum atomic E-state index is -0.624. The summed E-state index contributed by atoms with van der Waals surface area (Å²) in [6.45, 7) is 30.7. The first-order chi connectivity index (χ1) is 25.5. The molecule has 9 nitrogen and oxygen atoms in total. The van der Waals surface area contributed by atoms with Gasteiger partial charge in [-0.1, -0.05) is 80.9 Å². The van der Waals surface area contributed by atoms with Crippen LogP contribution in [-0.4, -0.2) is 62.3 Å². The molecule has 2 bridgehead atoms. The fourth-order valence-electron chi connectivity index (χ4n) is 13.3. The van der Waals surface area contributed by atoms with Crippen molar-refractivity contribution >= 4 is 5.97 Å². The number of aromatic nitrogens is 4. The Morgan fingerprint density at radius 1 is 1.04 bits per heavy atom. The molecule has 4 fully saturated rings. The summed E-state index contributed by atoms with van der Waals surface area (Å²) in [4.78, 5) is 23.2. The molecule has 1 saturated heterocycles. The van der Waals surface area contributed by atoms with Crippen molar-refractivity contribution in [3.05, 3.63) is 41.5 Å². The molecule has 1 aliphatic heterocycles. The third-order valence-electron chi connectivity index (χ3n) is 17.6. The van der Waals surface area contributed by atoms with E-state index in [9.17, 15) is 9.90 Å². The summed E-state index contributed by atoms with van der Waals surface area (Å²) in [6.07, 6.45) is 9.67. The van der Waals surface area contributed by atoms with Gasteiger partial charge in [-0.3, -0.25) is 9.78 Å². The molecule has 3 heterocycles. The topological polar surface area (TPSA) is 125 Å². The molecular weight excluding hydrogens is 687 g/mol. The first-order valence-electron chi connectivity index (χ1n) is 21.2. The second kappa shape index (κ2) is 13.2. The van der Waals surface area contributed by atoms with Crippen LogP contribution < -0.4 is 5.73 Å². The Morgan fingerprint density at radius 2 is 1.71 bits per heavy atom. The maximum absolute atomic E-state index is 13.6. The standard InChI is InChI=1S/C46H71N5O4/c1-27(2)30(5)41(9)18-19-43(11)32-14-15-35-42(10)23-54-25-46(35,33(32)16-17-44(43,12)36(41)39(52)53)22-34(37(42)55-24-45(13,47)40(6,7)8)51-38(48-26-49-51)31-20-28(3)50-29(4)21-31/h16,20-21,26-27,30,32,34-37H,14-15,17-19,22-25,47H2,1-13H3,(H,52,53)/t30-,32+,34-,35-,36-,37+,41-,42-,43-,44+,45+,46+/m1/s1. The van der Waals surface area contributed by atoms with Gasteiger partial charge in [0.05, 0.1) is 37.9 Å². The van der Waals surface area contributed by atoms with Crippen LogP contribution in [-0.2, 0) is 14.3 Å². The Bertz CT molecular complexity index is 1820. The predicted molar refractivity (Wildman–Crippen MR) is 217 cm³/mol. The molecule has 5 aliphatic rings. The second-order valence-electron chi connectivity index (χ2n) is 21.7. The van der Waals surface area contributed by atoms with Crippen molar-refractivity contribution in [1.29, 1.82) is 0 Å². The molecule has 2 aromatic rings. The number of fused-ring (bicyclic) bond motifs is 3. The van der Waals surface area contributed by atoms with E-state index in [1.165, 1.54) is 5.57 Å². The maximum Gasteiger partial charge on any atom is 0.307 e. The average molecular weight is 758 g/mol. The van der Waals surface area contributed by atoms with Gasteiger partial charge in [-0.05, 0) is 117 Å². The predicted octanol–water partition coefficient (Wildman–Crippen LogP) is 9.24. The normalized spacial score (nSPS) is 40.3. The number of allylic oxidation sites excluding steroid dienone is 1. The number of nitrogens with two attached hydrogens (primary N) is 1. The quantitative estimate of drug-likeness (QED) is 0.256. The maximum atomic E-state index is 13.6. The molecule has 0 spiro atoms. The van der Waals surface area contributed by atoms with Crippen LogP contribution in [0.15, 0.2) is 30.1 Å². The zero-order valence-corrected chi connectivity index (χ0v) is 36.3. The molecule has 304 valence electrons. The second-order valence-corrected chi connectivity index (χ2v) is 21.7. The number of hydrogen-bond acceptors (Lipinski definition) is 7. The molecule has 0 aromatic carbocycles. The fourth-order valence-corrected chi connectivity index (χ4v) is 13.3. The number of pyridine rings is 1. The lowest BCUT2D eigenvalue weighted by molar-refractivity contribution is -0.253. The largest absolute Gasteiger partial charge is 0.481 e. The molecule has 0 unspecified atom stereocenters.